The van der Waals surface area contributed by atoms with E-state index in [2.05, 4.69) is 23.8 Å². The second kappa shape index (κ2) is 20.5. The van der Waals surface area contributed by atoms with E-state index in [9.17, 15) is 19.2 Å². The van der Waals surface area contributed by atoms with Gasteiger partial charge in [0.2, 0.25) is 11.8 Å². The molecule has 0 fully saturated rings. The van der Waals surface area contributed by atoms with Crippen LogP contribution in [0.3, 0.4) is 0 Å². The molecule has 10 nitrogen and oxygen atoms in total. The number of hydrogen-bond acceptors (Lipinski definition) is 6. The Morgan fingerprint density at radius 3 is 1.31 bits per heavy atom. The summed E-state index contributed by atoms with van der Waals surface area (Å²) in [6, 6.07) is -1.60. The standard InChI is InChI=1S/2C9H16N2O3.Cu/c2*1-2-8(12)11-6-4-3-5-7(10)9(13)14;/h2*2,7H,1,3-6,10H2,(H,11,12)(H,13,14);/t2*7-;/m00./s1. The third kappa shape index (κ3) is 22.0. The second-order valence-corrected chi connectivity index (χ2v) is 5.87. The van der Waals surface area contributed by atoms with E-state index in [-0.39, 0.29) is 28.9 Å². The molecule has 1 radical (unpaired) electrons. The van der Waals surface area contributed by atoms with Gasteiger partial charge in [-0.15, -0.1) is 0 Å². The Balaban J connectivity index is -0.000000451. The largest absolute Gasteiger partial charge is 0.480 e. The molecule has 29 heavy (non-hydrogen) atoms. The molecule has 171 valence electrons. The van der Waals surface area contributed by atoms with Crippen molar-refractivity contribution >= 4 is 23.8 Å². The first-order valence-corrected chi connectivity index (χ1v) is 8.93. The van der Waals surface area contributed by atoms with Crippen molar-refractivity contribution in [2.24, 2.45) is 11.5 Å². The number of hydrogen-bond donors (Lipinski definition) is 6. The summed E-state index contributed by atoms with van der Waals surface area (Å²) in [6.07, 6.45) is 6.07. The number of amides is 2. The van der Waals surface area contributed by atoms with Gasteiger partial charge >= 0.3 is 11.9 Å². The minimum atomic E-state index is -0.986. The molecule has 8 N–H and O–H groups in total. The molecular formula is C18H32CuN4O6. The smallest absolute Gasteiger partial charge is 0.320 e. The predicted molar refractivity (Wildman–Crippen MR) is 105 cm³/mol. The monoisotopic (exact) mass is 463 g/mol. The fourth-order valence-corrected chi connectivity index (χ4v) is 1.79. The molecule has 0 aromatic rings. The number of nitrogens with two attached hydrogens (primary N) is 2. The maximum absolute atomic E-state index is 10.7. The number of carboxylic acid groups (broad SMARTS) is 2. The molecular weight excluding hydrogens is 432 g/mol. The second-order valence-electron chi connectivity index (χ2n) is 5.87. The van der Waals surface area contributed by atoms with E-state index in [0.29, 0.717) is 38.8 Å². The summed E-state index contributed by atoms with van der Waals surface area (Å²) in [7, 11) is 0. The number of carbonyl (C=O) groups excluding carboxylic acids is 2. The van der Waals surface area contributed by atoms with Gasteiger partial charge in [0.25, 0.3) is 0 Å². The van der Waals surface area contributed by atoms with E-state index in [1.165, 1.54) is 12.2 Å². The number of nitrogens with one attached hydrogen (secondary N) is 2. The van der Waals surface area contributed by atoms with Crippen LogP contribution in [0, 0.1) is 0 Å². The first-order chi connectivity index (χ1) is 13.1. The Kier molecular flexibility index (Phi) is 22.3. The molecule has 2 atom stereocenters. The van der Waals surface area contributed by atoms with Crippen LogP contribution in [0.15, 0.2) is 25.3 Å². The molecule has 0 bridgehead atoms. The zero-order chi connectivity index (χ0) is 21.9. The van der Waals surface area contributed by atoms with Gasteiger partial charge in [0, 0.05) is 30.2 Å². The number of carbonyl (C=O) groups is 4. The topological polar surface area (TPSA) is 185 Å². The van der Waals surface area contributed by atoms with E-state index in [1.807, 2.05) is 0 Å². The van der Waals surface area contributed by atoms with E-state index in [0.717, 1.165) is 12.8 Å². The normalized spacial score (nSPS) is 11.4. The maximum atomic E-state index is 10.7. The molecule has 0 spiro atoms. The summed E-state index contributed by atoms with van der Waals surface area (Å²) in [6.45, 7) is 7.65. The van der Waals surface area contributed by atoms with Crippen molar-refractivity contribution in [1.82, 2.24) is 10.6 Å². The van der Waals surface area contributed by atoms with Crippen LogP contribution in [0.4, 0.5) is 0 Å². The van der Waals surface area contributed by atoms with Crippen LogP contribution in [0.1, 0.15) is 38.5 Å². The molecule has 0 aliphatic carbocycles. The minimum Gasteiger partial charge on any atom is -0.480 e. The molecule has 0 unspecified atom stereocenters. The molecule has 0 aliphatic heterocycles. The Morgan fingerprint density at radius 1 is 0.759 bits per heavy atom. The van der Waals surface area contributed by atoms with Crippen molar-refractivity contribution in [2.75, 3.05) is 13.1 Å². The Hall–Kier alpha value is -2.20. The molecule has 0 rings (SSSR count). The van der Waals surface area contributed by atoms with Gasteiger partial charge < -0.3 is 32.3 Å². The average molecular weight is 464 g/mol. The van der Waals surface area contributed by atoms with Crippen LogP contribution < -0.4 is 22.1 Å². The number of unbranched alkanes of at least 4 members (excludes halogenated alkanes) is 2. The third-order valence-electron chi connectivity index (χ3n) is 3.49. The molecule has 0 aliphatic rings. The molecule has 11 heteroatoms. The van der Waals surface area contributed by atoms with Crippen molar-refractivity contribution in [3.63, 3.8) is 0 Å². The van der Waals surface area contributed by atoms with Gasteiger partial charge in [-0.3, -0.25) is 19.2 Å². The van der Waals surface area contributed by atoms with E-state index in [1.54, 1.807) is 0 Å². The van der Waals surface area contributed by atoms with Crippen molar-refractivity contribution in [3.8, 4) is 0 Å². The van der Waals surface area contributed by atoms with Gasteiger partial charge in [-0.05, 0) is 50.7 Å². The SMILES string of the molecule is C=CC(=O)NCCCC[C@H](N)C(=O)O.C=CC(=O)NCCCC[C@H](N)C(=O)O.[Cu]. The summed E-state index contributed by atoms with van der Waals surface area (Å²) >= 11 is 0. The molecule has 2 amide bonds. The fraction of sp³-hybridized carbons (Fsp3) is 0.556. The van der Waals surface area contributed by atoms with Crippen LogP contribution in [-0.4, -0.2) is 59.1 Å². The Morgan fingerprint density at radius 2 is 1.07 bits per heavy atom. The zero-order valence-electron chi connectivity index (χ0n) is 16.4. The third-order valence-corrected chi connectivity index (χ3v) is 3.49. The van der Waals surface area contributed by atoms with Crippen molar-refractivity contribution in [2.45, 2.75) is 50.6 Å². The quantitative estimate of drug-likeness (QED) is 0.115. The van der Waals surface area contributed by atoms with Crippen molar-refractivity contribution < 1.29 is 46.5 Å². The summed E-state index contributed by atoms with van der Waals surface area (Å²) in [5.74, 6) is -2.40. The number of aliphatic carboxylic acids is 2. The van der Waals surface area contributed by atoms with E-state index < -0.39 is 24.0 Å². The van der Waals surface area contributed by atoms with Crippen LogP contribution in [0.25, 0.3) is 0 Å². The molecule has 0 heterocycles. The Bertz CT molecular complexity index is 484. The van der Waals surface area contributed by atoms with E-state index in [4.69, 9.17) is 21.7 Å². The zero-order valence-corrected chi connectivity index (χ0v) is 17.3. The fourth-order valence-electron chi connectivity index (χ4n) is 1.79. The molecule has 0 saturated heterocycles. The van der Waals surface area contributed by atoms with Gasteiger partial charge in [-0.1, -0.05) is 13.2 Å². The van der Waals surface area contributed by atoms with Gasteiger partial charge in [-0.25, -0.2) is 0 Å². The van der Waals surface area contributed by atoms with Crippen LogP contribution in [0.2, 0.25) is 0 Å². The maximum Gasteiger partial charge on any atom is 0.320 e. The predicted octanol–water partition coefficient (Wildman–Crippen LogP) is -0.261. The van der Waals surface area contributed by atoms with E-state index >= 15 is 0 Å². The first-order valence-electron chi connectivity index (χ1n) is 8.93. The summed E-state index contributed by atoms with van der Waals surface area (Å²) in [4.78, 5) is 42.0. The summed E-state index contributed by atoms with van der Waals surface area (Å²) < 4.78 is 0. The Labute approximate surface area is 181 Å². The number of rotatable bonds is 14. The van der Waals surface area contributed by atoms with Crippen molar-refractivity contribution in [3.05, 3.63) is 25.3 Å². The summed E-state index contributed by atoms with van der Waals surface area (Å²) in [5.41, 5.74) is 10.6. The van der Waals surface area contributed by atoms with Gasteiger partial charge in [-0.2, -0.15) is 0 Å². The molecule has 0 aromatic heterocycles. The van der Waals surface area contributed by atoms with Gasteiger partial charge in [0.15, 0.2) is 0 Å². The van der Waals surface area contributed by atoms with Crippen LogP contribution in [0.5, 0.6) is 0 Å². The average Bonchev–Trinajstić information content (AvgIpc) is 2.66. The van der Waals surface area contributed by atoms with Gasteiger partial charge in [0.1, 0.15) is 12.1 Å². The van der Waals surface area contributed by atoms with Gasteiger partial charge in [0.05, 0.1) is 0 Å². The van der Waals surface area contributed by atoms with Crippen LogP contribution >= 0.6 is 0 Å². The minimum absolute atomic E-state index is 0. The van der Waals surface area contributed by atoms with Crippen molar-refractivity contribution in [1.29, 1.82) is 0 Å². The van der Waals surface area contributed by atoms with Crippen LogP contribution in [-0.2, 0) is 36.2 Å². The first kappa shape index (κ1) is 31.5. The summed E-state index contributed by atoms with van der Waals surface area (Å²) in [5, 5.41) is 22.1. The molecule has 0 saturated carbocycles. The molecule has 0 aromatic carbocycles. The number of carboxylic acids is 2.